The summed E-state index contributed by atoms with van der Waals surface area (Å²) in [7, 11) is 1.81. The van der Waals surface area contributed by atoms with E-state index in [9.17, 15) is 0 Å². The monoisotopic (exact) mass is 349 g/mol. The minimum absolute atomic E-state index is 0.496. The van der Waals surface area contributed by atoms with E-state index >= 15 is 0 Å². The van der Waals surface area contributed by atoms with E-state index in [1.54, 1.807) is 0 Å². The molecule has 1 aliphatic rings. The highest BCUT2D eigenvalue weighted by molar-refractivity contribution is 9.10. The molecule has 21 heavy (non-hydrogen) atoms. The topological polar surface area (TPSA) is 55.6 Å². The zero-order valence-electron chi connectivity index (χ0n) is 12.2. The van der Waals surface area contributed by atoms with Crippen molar-refractivity contribution in [1.82, 2.24) is 25.5 Å². The largest absolute Gasteiger partial charge is 0.314 e. The van der Waals surface area contributed by atoms with Gasteiger partial charge in [0.1, 0.15) is 0 Å². The molecule has 0 aliphatic heterocycles. The van der Waals surface area contributed by atoms with Gasteiger partial charge in [0, 0.05) is 16.9 Å². The van der Waals surface area contributed by atoms with E-state index in [1.165, 1.54) is 23.2 Å². The Kier molecular flexibility index (Phi) is 4.65. The molecule has 1 saturated carbocycles. The number of tetrazole rings is 1. The highest BCUT2D eigenvalue weighted by Gasteiger charge is 2.22. The fraction of sp³-hybridized carbons (Fsp3) is 0.533. The molecule has 0 amide bonds. The van der Waals surface area contributed by atoms with Crippen molar-refractivity contribution in [1.29, 1.82) is 0 Å². The van der Waals surface area contributed by atoms with Crippen LogP contribution in [0.25, 0.3) is 0 Å². The Morgan fingerprint density at radius 3 is 2.67 bits per heavy atom. The number of aryl methyl sites for hydroxylation is 1. The average Bonchev–Trinajstić information content (AvgIpc) is 3.21. The lowest BCUT2D eigenvalue weighted by Gasteiger charge is -2.16. The molecule has 1 aromatic carbocycles. The number of aromatic nitrogens is 4. The molecular weight excluding hydrogens is 330 g/mol. The summed E-state index contributed by atoms with van der Waals surface area (Å²) in [6.07, 6.45) is 4.53. The minimum Gasteiger partial charge on any atom is -0.314 e. The number of halogens is 1. The zero-order chi connectivity index (χ0) is 14.7. The highest BCUT2D eigenvalue weighted by atomic mass is 79.9. The Bertz CT molecular complexity index is 576. The first-order valence-corrected chi connectivity index (χ1v) is 8.19. The van der Waals surface area contributed by atoms with Crippen LogP contribution in [0.2, 0.25) is 0 Å². The summed E-state index contributed by atoms with van der Waals surface area (Å²) < 4.78 is 1.12. The second kappa shape index (κ2) is 6.66. The summed E-state index contributed by atoms with van der Waals surface area (Å²) in [5, 5.41) is 16.0. The zero-order valence-corrected chi connectivity index (χ0v) is 13.8. The SMILES string of the molecule is Cn1nnc(CC(CNC2CC2)Cc2ccc(Br)cc2)n1. The lowest BCUT2D eigenvalue weighted by molar-refractivity contribution is 0.459. The molecule has 1 fully saturated rings. The van der Waals surface area contributed by atoms with E-state index in [-0.39, 0.29) is 0 Å². The second-order valence-corrected chi connectivity index (χ2v) is 6.69. The van der Waals surface area contributed by atoms with Gasteiger partial charge in [-0.2, -0.15) is 4.80 Å². The Balaban J connectivity index is 1.63. The molecule has 0 radical (unpaired) electrons. The van der Waals surface area contributed by atoms with Crippen molar-refractivity contribution in [2.75, 3.05) is 6.54 Å². The van der Waals surface area contributed by atoms with Crippen LogP contribution in [-0.4, -0.2) is 32.8 Å². The highest BCUT2D eigenvalue weighted by Crippen LogP contribution is 2.21. The summed E-state index contributed by atoms with van der Waals surface area (Å²) in [6.45, 7) is 1.01. The molecular formula is C15H20BrN5. The van der Waals surface area contributed by atoms with Crippen molar-refractivity contribution < 1.29 is 0 Å². The molecule has 5 nitrogen and oxygen atoms in total. The van der Waals surface area contributed by atoms with Crippen molar-refractivity contribution in [2.24, 2.45) is 13.0 Å². The van der Waals surface area contributed by atoms with E-state index in [0.717, 1.165) is 35.7 Å². The smallest absolute Gasteiger partial charge is 0.175 e. The third-order valence-corrected chi connectivity index (χ3v) is 4.26. The van der Waals surface area contributed by atoms with Crippen molar-refractivity contribution in [3.8, 4) is 0 Å². The number of rotatable bonds is 7. The molecule has 1 heterocycles. The van der Waals surface area contributed by atoms with Crippen LogP contribution in [-0.2, 0) is 19.9 Å². The first-order chi connectivity index (χ1) is 10.2. The van der Waals surface area contributed by atoms with Gasteiger partial charge in [-0.1, -0.05) is 28.1 Å². The minimum atomic E-state index is 0.496. The van der Waals surface area contributed by atoms with E-state index in [0.29, 0.717) is 5.92 Å². The average molecular weight is 350 g/mol. The van der Waals surface area contributed by atoms with Crippen LogP contribution in [0.3, 0.4) is 0 Å². The molecule has 0 spiro atoms. The fourth-order valence-electron chi connectivity index (χ4n) is 2.45. The quantitative estimate of drug-likeness (QED) is 0.831. The Morgan fingerprint density at radius 1 is 1.29 bits per heavy atom. The number of hydrogen-bond acceptors (Lipinski definition) is 4. The van der Waals surface area contributed by atoms with Crippen LogP contribution in [0, 0.1) is 5.92 Å². The maximum Gasteiger partial charge on any atom is 0.175 e. The summed E-state index contributed by atoms with van der Waals surface area (Å²) >= 11 is 3.48. The van der Waals surface area contributed by atoms with Gasteiger partial charge in [-0.3, -0.25) is 0 Å². The maximum atomic E-state index is 4.31. The molecule has 1 aromatic heterocycles. The van der Waals surface area contributed by atoms with Crippen molar-refractivity contribution >= 4 is 15.9 Å². The van der Waals surface area contributed by atoms with Crippen LogP contribution < -0.4 is 5.32 Å². The summed E-state index contributed by atoms with van der Waals surface area (Å²) in [6, 6.07) is 9.28. The van der Waals surface area contributed by atoms with Crippen molar-refractivity contribution in [3.63, 3.8) is 0 Å². The predicted molar refractivity (Wildman–Crippen MR) is 84.9 cm³/mol. The molecule has 0 saturated heterocycles. The molecule has 1 N–H and O–H groups in total. The Hall–Kier alpha value is -1.27. The Morgan fingerprint density at radius 2 is 2.05 bits per heavy atom. The first kappa shape index (κ1) is 14.7. The summed E-state index contributed by atoms with van der Waals surface area (Å²) in [4.78, 5) is 1.53. The maximum absolute atomic E-state index is 4.31. The number of nitrogens with one attached hydrogen (secondary N) is 1. The Labute approximate surface area is 133 Å². The first-order valence-electron chi connectivity index (χ1n) is 7.40. The lowest BCUT2D eigenvalue weighted by atomic mass is 9.95. The number of nitrogens with zero attached hydrogens (tertiary/aromatic N) is 4. The summed E-state index contributed by atoms with van der Waals surface area (Å²) in [5.74, 6) is 1.33. The normalized spacial score (nSPS) is 16.1. The van der Waals surface area contributed by atoms with E-state index in [1.807, 2.05) is 7.05 Å². The fourth-order valence-corrected chi connectivity index (χ4v) is 2.72. The standard InChI is InChI=1S/C15H20BrN5/c1-21-19-15(18-20-21)9-12(10-17-14-6-7-14)8-11-2-4-13(16)5-3-11/h2-5,12,14,17H,6-10H2,1H3. The van der Waals surface area contributed by atoms with E-state index < -0.39 is 0 Å². The van der Waals surface area contributed by atoms with Crippen LogP contribution in [0.5, 0.6) is 0 Å². The molecule has 1 aliphatic carbocycles. The lowest BCUT2D eigenvalue weighted by Crippen LogP contribution is -2.27. The van der Waals surface area contributed by atoms with Gasteiger partial charge in [-0.25, -0.2) is 0 Å². The third-order valence-electron chi connectivity index (χ3n) is 3.73. The van der Waals surface area contributed by atoms with Gasteiger partial charge in [0.2, 0.25) is 0 Å². The molecule has 6 heteroatoms. The predicted octanol–water partition coefficient (Wildman–Crippen LogP) is 2.13. The van der Waals surface area contributed by atoms with Gasteiger partial charge in [-0.15, -0.1) is 10.2 Å². The molecule has 1 atom stereocenters. The van der Waals surface area contributed by atoms with Gasteiger partial charge in [0.05, 0.1) is 7.05 Å². The van der Waals surface area contributed by atoms with Crippen LogP contribution in [0.4, 0.5) is 0 Å². The van der Waals surface area contributed by atoms with Crippen molar-refractivity contribution in [2.45, 2.75) is 31.7 Å². The summed E-state index contributed by atoms with van der Waals surface area (Å²) in [5.41, 5.74) is 1.35. The molecule has 112 valence electrons. The number of benzene rings is 1. The van der Waals surface area contributed by atoms with Crippen LogP contribution in [0.15, 0.2) is 28.7 Å². The van der Waals surface area contributed by atoms with Gasteiger partial charge >= 0.3 is 0 Å². The molecule has 1 unspecified atom stereocenters. The van der Waals surface area contributed by atoms with Crippen LogP contribution >= 0.6 is 15.9 Å². The molecule has 2 aromatic rings. The van der Waals surface area contributed by atoms with Gasteiger partial charge in [-0.05, 0) is 54.6 Å². The second-order valence-electron chi connectivity index (χ2n) is 5.78. The van der Waals surface area contributed by atoms with Gasteiger partial charge in [0.25, 0.3) is 0 Å². The van der Waals surface area contributed by atoms with Crippen molar-refractivity contribution in [3.05, 3.63) is 40.1 Å². The van der Waals surface area contributed by atoms with Gasteiger partial charge < -0.3 is 5.32 Å². The molecule has 0 bridgehead atoms. The van der Waals surface area contributed by atoms with Gasteiger partial charge in [0.15, 0.2) is 5.82 Å². The van der Waals surface area contributed by atoms with Crippen LogP contribution in [0.1, 0.15) is 24.2 Å². The number of hydrogen-bond donors (Lipinski definition) is 1. The van der Waals surface area contributed by atoms with E-state index in [2.05, 4.69) is 60.9 Å². The van der Waals surface area contributed by atoms with E-state index in [4.69, 9.17) is 0 Å². The molecule has 3 rings (SSSR count). The third kappa shape index (κ3) is 4.61.